The number of hydrogen-bond donors (Lipinski definition) is 1. The van der Waals surface area contributed by atoms with E-state index in [9.17, 15) is 5.11 Å². The standard InChI is InChI=1S/C11H18N2O2/c1-8(2)13-11(3-4-12-13)10-7-15-6-9(10)5-14/h3-4,8-10,14H,5-7H2,1-2H3/t9-,10+/m1/s1. The van der Waals surface area contributed by atoms with Gasteiger partial charge in [0.25, 0.3) is 0 Å². The van der Waals surface area contributed by atoms with Crippen LogP contribution in [0.1, 0.15) is 31.5 Å². The Labute approximate surface area is 89.9 Å². The zero-order chi connectivity index (χ0) is 10.8. The largest absolute Gasteiger partial charge is 0.396 e. The molecule has 0 aromatic carbocycles. The first-order valence-corrected chi connectivity index (χ1v) is 5.46. The molecule has 1 fully saturated rings. The predicted molar refractivity (Wildman–Crippen MR) is 56.7 cm³/mol. The van der Waals surface area contributed by atoms with E-state index in [2.05, 4.69) is 18.9 Å². The molecule has 84 valence electrons. The first-order chi connectivity index (χ1) is 7.24. The van der Waals surface area contributed by atoms with Crippen molar-refractivity contribution >= 4 is 0 Å². The number of nitrogens with zero attached hydrogens (tertiary/aromatic N) is 2. The Hall–Kier alpha value is -0.870. The highest BCUT2D eigenvalue weighted by Gasteiger charge is 2.31. The molecule has 4 nitrogen and oxygen atoms in total. The minimum Gasteiger partial charge on any atom is -0.396 e. The molecule has 0 unspecified atom stereocenters. The summed E-state index contributed by atoms with van der Waals surface area (Å²) in [6.07, 6.45) is 1.82. The first-order valence-electron chi connectivity index (χ1n) is 5.46. The van der Waals surface area contributed by atoms with E-state index in [1.54, 1.807) is 0 Å². The fraction of sp³-hybridized carbons (Fsp3) is 0.727. The molecule has 1 aliphatic rings. The number of aromatic nitrogens is 2. The molecule has 1 saturated heterocycles. The number of aliphatic hydroxyl groups excluding tert-OH is 1. The van der Waals surface area contributed by atoms with Gasteiger partial charge < -0.3 is 9.84 Å². The Bertz CT molecular complexity index is 322. The summed E-state index contributed by atoms with van der Waals surface area (Å²) in [6.45, 7) is 5.77. The lowest BCUT2D eigenvalue weighted by Gasteiger charge is -2.18. The van der Waals surface area contributed by atoms with E-state index in [4.69, 9.17) is 4.74 Å². The van der Waals surface area contributed by atoms with Crippen molar-refractivity contribution in [2.24, 2.45) is 5.92 Å². The van der Waals surface area contributed by atoms with Gasteiger partial charge in [-0.15, -0.1) is 0 Å². The van der Waals surface area contributed by atoms with Crippen molar-refractivity contribution in [3.8, 4) is 0 Å². The van der Waals surface area contributed by atoms with Crippen LogP contribution >= 0.6 is 0 Å². The highest BCUT2D eigenvalue weighted by molar-refractivity contribution is 5.12. The fourth-order valence-corrected chi connectivity index (χ4v) is 2.15. The highest BCUT2D eigenvalue weighted by atomic mass is 16.5. The van der Waals surface area contributed by atoms with Crippen LogP contribution in [-0.4, -0.2) is 34.7 Å². The minimum absolute atomic E-state index is 0.188. The molecule has 2 heterocycles. The number of aliphatic hydroxyl groups is 1. The first kappa shape index (κ1) is 10.6. The van der Waals surface area contributed by atoms with E-state index in [0.29, 0.717) is 25.2 Å². The van der Waals surface area contributed by atoms with Gasteiger partial charge in [0.15, 0.2) is 0 Å². The lowest BCUT2D eigenvalue weighted by molar-refractivity contribution is 0.160. The number of rotatable bonds is 3. The lowest BCUT2D eigenvalue weighted by atomic mass is 9.93. The van der Waals surface area contributed by atoms with Crippen molar-refractivity contribution in [1.29, 1.82) is 0 Å². The Balaban J connectivity index is 2.24. The smallest absolute Gasteiger partial charge is 0.0554 e. The van der Waals surface area contributed by atoms with E-state index in [-0.39, 0.29) is 12.5 Å². The second-order valence-electron chi connectivity index (χ2n) is 4.38. The molecule has 0 bridgehead atoms. The van der Waals surface area contributed by atoms with Gasteiger partial charge in [0.2, 0.25) is 0 Å². The summed E-state index contributed by atoms with van der Waals surface area (Å²) in [7, 11) is 0. The third kappa shape index (κ3) is 1.92. The summed E-state index contributed by atoms with van der Waals surface area (Å²) in [5.41, 5.74) is 1.18. The van der Waals surface area contributed by atoms with E-state index >= 15 is 0 Å². The highest BCUT2D eigenvalue weighted by Crippen LogP contribution is 2.31. The summed E-state index contributed by atoms with van der Waals surface area (Å²) in [5, 5.41) is 13.6. The van der Waals surface area contributed by atoms with Crippen LogP contribution in [0.5, 0.6) is 0 Å². The molecule has 2 atom stereocenters. The van der Waals surface area contributed by atoms with Crippen LogP contribution in [0.4, 0.5) is 0 Å². The van der Waals surface area contributed by atoms with Gasteiger partial charge in [0, 0.05) is 36.4 Å². The average molecular weight is 210 g/mol. The van der Waals surface area contributed by atoms with Gasteiger partial charge in [-0.2, -0.15) is 5.10 Å². The molecule has 1 aliphatic heterocycles. The van der Waals surface area contributed by atoms with E-state index < -0.39 is 0 Å². The second kappa shape index (κ2) is 4.33. The summed E-state index contributed by atoms with van der Waals surface area (Å²) in [6, 6.07) is 2.39. The molecule has 2 rings (SSSR count). The molecule has 0 spiro atoms. The Morgan fingerprint density at radius 1 is 1.60 bits per heavy atom. The Kier molecular flexibility index (Phi) is 3.07. The van der Waals surface area contributed by atoms with Crippen LogP contribution in [-0.2, 0) is 4.74 Å². The van der Waals surface area contributed by atoms with Crippen molar-refractivity contribution in [2.75, 3.05) is 19.8 Å². The van der Waals surface area contributed by atoms with E-state index in [1.165, 1.54) is 5.69 Å². The summed E-state index contributed by atoms with van der Waals surface area (Å²) in [5.74, 6) is 0.513. The number of ether oxygens (including phenoxy) is 1. The summed E-state index contributed by atoms with van der Waals surface area (Å²) < 4.78 is 7.43. The maximum atomic E-state index is 9.26. The van der Waals surface area contributed by atoms with Crippen molar-refractivity contribution in [3.05, 3.63) is 18.0 Å². The van der Waals surface area contributed by atoms with Crippen LogP contribution in [0.3, 0.4) is 0 Å². The summed E-state index contributed by atoms with van der Waals surface area (Å²) >= 11 is 0. The molecule has 1 aromatic rings. The van der Waals surface area contributed by atoms with Gasteiger partial charge in [-0.1, -0.05) is 0 Å². The second-order valence-corrected chi connectivity index (χ2v) is 4.38. The quantitative estimate of drug-likeness (QED) is 0.815. The van der Waals surface area contributed by atoms with Crippen molar-refractivity contribution in [1.82, 2.24) is 9.78 Å². The van der Waals surface area contributed by atoms with Crippen LogP contribution < -0.4 is 0 Å². The molecule has 0 radical (unpaired) electrons. The Morgan fingerprint density at radius 2 is 2.40 bits per heavy atom. The third-order valence-electron chi connectivity index (χ3n) is 3.00. The van der Waals surface area contributed by atoms with Crippen LogP contribution in [0, 0.1) is 5.92 Å². The molecule has 0 aliphatic carbocycles. The molecule has 0 saturated carbocycles. The van der Waals surface area contributed by atoms with Gasteiger partial charge in [-0.3, -0.25) is 4.68 Å². The van der Waals surface area contributed by atoms with Crippen LogP contribution in [0.15, 0.2) is 12.3 Å². The topological polar surface area (TPSA) is 47.3 Å². The van der Waals surface area contributed by atoms with E-state index in [1.807, 2.05) is 16.9 Å². The van der Waals surface area contributed by atoms with Crippen LogP contribution in [0.25, 0.3) is 0 Å². The summed E-state index contributed by atoms with van der Waals surface area (Å²) in [4.78, 5) is 0. The fourth-order valence-electron chi connectivity index (χ4n) is 2.15. The van der Waals surface area contributed by atoms with Gasteiger partial charge in [0.1, 0.15) is 0 Å². The predicted octanol–water partition coefficient (Wildman–Crippen LogP) is 1.19. The molecule has 1 N–H and O–H groups in total. The van der Waals surface area contributed by atoms with Gasteiger partial charge in [-0.05, 0) is 19.9 Å². The molecule has 1 aromatic heterocycles. The van der Waals surface area contributed by atoms with Crippen LogP contribution in [0.2, 0.25) is 0 Å². The lowest BCUT2D eigenvalue weighted by Crippen LogP contribution is -2.19. The van der Waals surface area contributed by atoms with E-state index in [0.717, 1.165) is 0 Å². The van der Waals surface area contributed by atoms with Crippen molar-refractivity contribution in [3.63, 3.8) is 0 Å². The maximum Gasteiger partial charge on any atom is 0.0554 e. The maximum absolute atomic E-state index is 9.26. The SMILES string of the molecule is CC(C)n1nccc1[C@H]1COC[C@H]1CO. The normalized spacial score (nSPS) is 26.4. The average Bonchev–Trinajstić information content (AvgIpc) is 2.85. The zero-order valence-electron chi connectivity index (χ0n) is 9.26. The van der Waals surface area contributed by atoms with Gasteiger partial charge in [-0.25, -0.2) is 0 Å². The Morgan fingerprint density at radius 3 is 3.07 bits per heavy atom. The van der Waals surface area contributed by atoms with Crippen molar-refractivity contribution < 1.29 is 9.84 Å². The third-order valence-corrected chi connectivity index (χ3v) is 3.00. The van der Waals surface area contributed by atoms with Crippen molar-refractivity contribution in [2.45, 2.75) is 25.8 Å². The monoisotopic (exact) mass is 210 g/mol. The molecule has 15 heavy (non-hydrogen) atoms. The molecule has 0 amide bonds. The van der Waals surface area contributed by atoms with Gasteiger partial charge >= 0.3 is 0 Å². The number of hydrogen-bond acceptors (Lipinski definition) is 3. The molecular formula is C11H18N2O2. The minimum atomic E-state index is 0.188. The van der Waals surface area contributed by atoms with Gasteiger partial charge in [0.05, 0.1) is 13.2 Å². The molecule has 4 heteroatoms. The zero-order valence-corrected chi connectivity index (χ0v) is 9.26. The molecular weight excluding hydrogens is 192 g/mol.